The molecule has 0 aliphatic rings. The molecule has 0 saturated carbocycles. The van der Waals surface area contributed by atoms with E-state index in [1.807, 2.05) is 47.4 Å². The van der Waals surface area contributed by atoms with E-state index in [2.05, 4.69) is 45.8 Å². The van der Waals surface area contributed by atoms with Gasteiger partial charge >= 0.3 is 0 Å². The van der Waals surface area contributed by atoms with Crippen molar-refractivity contribution in [1.82, 2.24) is 25.4 Å². The van der Waals surface area contributed by atoms with Gasteiger partial charge in [0.25, 0.3) is 0 Å². The third kappa shape index (κ3) is 5.16. The summed E-state index contributed by atoms with van der Waals surface area (Å²) < 4.78 is 1.90. The summed E-state index contributed by atoms with van der Waals surface area (Å²) in [5, 5.41) is 12.1. The number of aromatic nitrogens is 3. The molecule has 0 fully saturated rings. The largest absolute Gasteiger partial charge is 0.357 e. The molecule has 0 atom stereocenters. The molecule has 0 saturated heterocycles. The number of benzene rings is 1. The highest BCUT2D eigenvalue weighted by Gasteiger charge is 2.03. The molecular formula is C19H24N6S. The van der Waals surface area contributed by atoms with Gasteiger partial charge < -0.3 is 10.6 Å². The first-order valence-corrected chi connectivity index (χ1v) is 9.58. The summed E-state index contributed by atoms with van der Waals surface area (Å²) in [5.41, 5.74) is 2.26. The zero-order valence-corrected chi connectivity index (χ0v) is 16.0. The van der Waals surface area contributed by atoms with Crippen molar-refractivity contribution in [2.24, 2.45) is 4.99 Å². The van der Waals surface area contributed by atoms with E-state index < -0.39 is 0 Å². The first kappa shape index (κ1) is 18.1. The Hall–Kier alpha value is -2.67. The fourth-order valence-electron chi connectivity index (χ4n) is 2.50. The topological polar surface area (TPSA) is 67.1 Å². The van der Waals surface area contributed by atoms with Gasteiger partial charge in [0.05, 0.1) is 18.4 Å². The minimum absolute atomic E-state index is 0.597. The van der Waals surface area contributed by atoms with Gasteiger partial charge in [-0.3, -0.25) is 0 Å². The molecule has 0 aliphatic heterocycles. The van der Waals surface area contributed by atoms with Gasteiger partial charge in [0.1, 0.15) is 5.01 Å². The Balaban J connectivity index is 1.52. The van der Waals surface area contributed by atoms with E-state index in [-0.39, 0.29) is 0 Å². The summed E-state index contributed by atoms with van der Waals surface area (Å²) in [6.07, 6.45) is 6.75. The average Bonchev–Trinajstić information content (AvgIpc) is 3.29. The van der Waals surface area contributed by atoms with E-state index in [1.165, 1.54) is 10.4 Å². The summed E-state index contributed by atoms with van der Waals surface area (Å²) in [4.78, 5) is 10.2. The molecule has 0 unspecified atom stereocenters. The molecule has 136 valence electrons. The van der Waals surface area contributed by atoms with Crippen LogP contribution in [0.3, 0.4) is 0 Å². The van der Waals surface area contributed by atoms with Crippen LogP contribution in [0.5, 0.6) is 0 Å². The van der Waals surface area contributed by atoms with Crippen LogP contribution < -0.4 is 10.6 Å². The number of hydrogen-bond donors (Lipinski definition) is 2. The van der Waals surface area contributed by atoms with Crippen molar-refractivity contribution in [3.05, 3.63) is 64.4 Å². The van der Waals surface area contributed by atoms with Gasteiger partial charge in [0.2, 0.25) is 0 Å². The molecular weight excluding hydrogens is 344 g/mol. The molecule has 1 aromatic carbocycles. The predicted octanol–water partition coefficient (Wildman–Crippen LogP) is 2.94. The Morgan fingerprint density at radius 1 is 1.19 bits per heavy atom. The molecule has 7 heteroatoms. The van der Waals surface area contributed by atoms with E-state index in [0.29, 0.717) is 6.54 Å². The second kappa shape index (κ2) is 9.15. The number of para-hydroxylation sites is 1. The molecule has 3 aromatic rings. The number of aliphatic imine (C=N–C) groups is 1. The van der Waals surface area contributed by atoms with Crippen molar-refractivity contribution in [1.29, 1.82) is 0 Å². The molecule has 0 spiro atoms. The number of thiazole rings is 1. The number of guanidine groups is 1. The van der Waals surface area contributed by atoms with Gasteiger partial charge in [-0.25, -0.2) is 14.7 Å². The van der Waals surface area contributed by atoms with E-state index in [4.69, 9.17) is 0 Å². The zero-order valence-electron chi connectivity index (χ0n) is 15.1. The van der Waals surface area contributed by atoms with Crippen molar-refractivity contribution in [3.63, 3.8) is 0 Å². The normalized spacial score (nSPS) is 11.5. The Morgan fingerprint density at radius 3 is 2.77 bits per heavy atom. The molecule has 0 radical (unpaired) electrons. The van der Waals surface area contributed by atoms with Crippen molar-refractivity contribution < 1.29 is 0 Å². The lowest BCUT2D eigenvalue weighted by molar-refractivity contribution is 0.798. The molecule has 26 heavy (non-hydrogen) atoms. The van der Waals surface area contributed by atoms with Crippen LogP contribution in [-0.2, 0) is 13.0 Å². The second-order valence-electron chi connectivity index (χ2n) is 5.87. The van der Waals surface area contributed by atoms with E-state index in [0.717, 1.165) is 36.2 Å². The summed E-state index contributed by atoms with van der Waals surface area (Å²) in [6, 6.07) is 10.1. The van der Waals surface area contributed by atoms with Crippen LogP contribution in [0.25, 0.3) is 5.69 Å². The maximum atomic E-state index is 4.60. The monoisotopic (exact) mass is 368 g/mol. The van der Waals surface area contributed by atoms with Crippen LogP contribution >= 0.6 is 11.3 Å². The Morgan fingerprint density at radius 2 is 2.04 bits per heavy atom. The predicted molar refractivity (Wildman–Crippen MR) is 107 cm³/mol. The molecule has 2 N–H and O–H groups in total. The van der Waals surface area contributed by atoms with Gasteiger partial charge in [-0.2, -0.15) is 5.10 Å². The Bertz CT molecular complexity index is 837. The smallest absolute Gasteiger partial charge is 0.191 e. The summed E-state index contributed by atoms with van der Waals surface area (Å²) in [5.74, 6) is 0.816. The fourth-order valence-corrected chi connectivity index (χ4v) is 3.21. The second-order valence-corrected chi connectivity index (χ2v) is 7.18. The van der Waals surface area contributed by atoms with Crippen LogP contribution in [-0.4, -0.2) is 33.8 Å². The van der Waals surface area contributed by atoms with Crippen molar-refractivity contribution in [2.45, 2.75) is 26.8 Å². The molecule has 6 nitrogen and oxygen atoms in total. The van der Waals surface area contributed by atoms with Gasteiger partial charge in [0, 0.05) is 30.4 Å². The Labute approximate surface area is 158 Å². The molecule has 2 aromatic heterocycles. The van der Waals surface area contributed by atoms with Gasteiger partial charge in [-0.15, -0.1) is 11.3 Å². The molecule has 2 heterocycles. The van der Waals surface area contributed by atoms with Gasteiger partial charge in [-0.1, -0.05) is 18.2 Å². The SMILES string of the molecule is CCNC(=NCc1ncc(C)s1)NCCc1cnn(-c2ccccc2)c1. The van der Waals surface area contributed by atoms with Crippen LogP contribution in [0, 0.1) is 6.92 Å². The molecule has 0 bridgehead atoms. The number of aryl methyl sites for hydroxylation is 1. The van der Waals surface area contributed by atoms with Crippen molar-refractivity contribution in [3.8, 4) is 5.69 Å². The maximum Gasteiger partial charge on any atom is 0.191 e. The first-order chi connectivity index (χ1) is 12.7. The minimum Gasteiger partial charge on any atom is -0.357 e. The highest BCUT2D eigenvalue weighted by Crippen LogP contribution is 2.11. The lowest BCUT2D eigenvalue weighted by Crippen LogP contribution is -2.38. The van der Waals surface area contributed by atoms with Crippen LogP contribution in [0.1, 0.15) is 22.4 Å². The van der Waals surface area contributed by atoms with Crippen molar-refractivity contribution in [2.75, 3.05) is 13.1 Å². The summed E-state index contributed by atoms with van der Waals surface area (Å²) in [7, 11) is 0. The van der Waals surface area contributed by atoms with Crippen LogP contribution in [0.2, 0.25) is 0 Å². The van der Waals surface area contributed by atoms with Gasteiger partial charge in [-0.05, 0) is 38.0 Å². The van der Waals surface area contributed by atoms with Gasteiger partial charge in [0.15, 0.2) is 5.96 Å². The highest BCUT2D eigenvalue weighted by molar-refractivity contribution is 7.11. The number of rotatable bonds is 7. The average molecular weight is 369 g/mol. The highest BCUT2D eigenvalue weighted by atomic mass is 32.1. The number of hydrogen-bond acceptors (Lipinski definition) is 4. The number of nitrogens with one attached hydrogen (secondary N) is 2. The molecule has 0 aliphatic carbocycles. The maximum absolute atomic E-state index is 4.60. The lowest BCUT2D eigenvalue weighted by Gasteiger charge is -2.10. The summed E-state index contributed by atoms with van der Waals surface area (Å²) in [6.45, 7) is 6.34. The Kier molecular flexibility index (Phi) is 6.38. The van der Waals surface area contributed by atoms with Crippen LogP contribution in [0.4, 0.5) is 0 Å². The summed E-state index contributed by atoms with van der Waals surface area (Å²) >= 11 is 1.68. The zero-order chi connectivity index (χ0) is 18.2. The standard InChI is InChI=1S/C19H24N6S/c1-3-20-19(23-13-18-22-11-15(2)26-18)21-10-9-16-12-24-25(14-16)17-7-5-4-6-8-17/h4-8,11-12,14H,3,9-10,13H2,1-2H3,(H2,20,21,23). The fraction of sp³-hybridized carbons (Fsp3) is 0.316. The minimum atomic E-state index is 0.597. The quantitative estimate of drug-likeness (QED) is 0.497. The van der Waals surface area contributed by atoms with E-state index >= 15 is 0 Å². The first-order valence-electron chi connectivity index (χ1n) is 8.77. The van der Waals surface area contributed by atoms with Crippen molar-refractivity contribution >= 4 is 17.3 Å². The number of nitrogens with zero attached hydrogens (tertiary/aromatic N) is 4. The third-order valence-electron chi connectivity index (χ3n) is 3.75. The lowest BCUT2D eigenvalue weighted by atomic mass is 10.2. The van der Waals surface area contributed by atoms with Crippen LogP contribution in [0.15, 0.2) is 53.9 Å². The molecule has 0 amide bonds. The molecule has 3 rings (SSSR count). The van der Waals surface area contributed by atoms with E-state index in [9.17, 15) is 0 Å². The third-order valence-corrected chi connectivity index (χ3v) is 4.65. The van der Waals surface area contributed by atoms with E-state index in [1.54, 1.807) is 11.3 Å².